The van der Waals surface area contributed by atoms with Crippen molar-refractivity contribution in [2.24, 2.45) is 0 Å². The summed E-state index contributed by atoms with van der Waals surface area (Å²) in [7, 11) is 0. The first-order valence-electron chi connectivity index (χ1n) is 10.8. The molecule has 1 fully saturated rings. The SMILES string of the molecule is CCN1CCN(C(CNC(=O)c2ccc(C(C)(C)C)cc2)c2ccccc2)CC1. The number of rotatable bonds is 6. The van der Waals surface area contributed by atoms with Crippen LogP contribution in [0.5, 0.6) is 0 Å². The maximum absolute atomic E-state index is 12.8. The summed E-state index contributed by atoms with van der Waals surface area (Å²) < 4.78 is 0. The van der Waals surface area contributed by atoms with E-state index in [0.29, 0.717) is 6.54 Å². The first kappa shape index (κ1) is 21.5. The highest BCUT2D eigenvalue weighted by atomic mass is 16.1. The molecule has 1 amide bonds. The zero-order valence-corrected chi connectivity index (χ0v) is 18.3. The molecule has 1 saturated heterocycles. The molecule has 29 heavy (non-hydrogen) atoms. The molecule has 4 nitrogen and oxygen atoms in total. The Balaban J connectivity index is 1.67. The van der Waals surface area contributed by atoms with Crippen LogP contribution in [-0.2, 0) is 5.41 Å². The molecule has 1 aliphatic rings. The van der Waals surface area contributed by atoms with Gasteiger partial charge in [0.2, 0.25) is 0 Å². The zero-order chi connectivity index (χ0) is 20.9. The molecule has 2 aromatic rings. The Labute approximate surface area is 175 Å². The van der Waals surface area contributed by atoms with Crippen molar-refractivity contribution in [1.82, 2.24) is 15.1 Å². The Morgan fingerprint density at radius 2 is 1.59 bits per heavy atom. The van der Waals surface area contributed by atoms with Crippen LogP contribution in [0.15, 0.2) is 54.6 Å². The number of carbonyl (C=O) groups is 1. The average molecular weight is 394 g/mol. The van der Waals surface area contributed by atoms with Crippen molar-refractivity contribution >= 4 is 5.91 Å². The molecule has 0 radical (unpaired) electrons. The predicted molar refractivity (Wildman–Crippen MR) is 120 cm³/mol. The molecule has 3 rings (SSSR count). The summed E-state index contributed by atoms with van der Waals surface area (Å²) in [5.41, 5.74) is 3.32. The second-order valence-electron chi connectivity index (χ2n) is 8.93. The molecular formula is C25H35N3O. The topological polar surface area (TPSA) is 35.6 Å². The van der Waals surface area contributed by atoms with Gasteiger partial charge in [0.25, 0.3) is 5.91 Å². The van der Waals surface area contributed by atoms with Gasteiger partial charge in [-0.15, -0.1) is 0 Å². The van der Waals surface area contributed by atoms with Crippen LogP contribution in [0.1, 0.15) is 55.2 Å². The molecule has 0 bridgehead atoms. The molecule has 1 N–H and O–H groups in total. The monoisotopic (exact) mass is 393 g/mol. The number of likely N-dealkylation sites (N-methyl/N-ethyl adjacent to an activating group) is 1. The fourth-order valence-electron chi connectivity index (χ4n) is 3.94. The first-order chi connectivity index (χ1) is 13.9. The molecule has 0 aliphatic carbocycles. The lowest BCUT2D eigenvalue weighted by Crippen LogP contribution is -2.49. The number of amides is 1. The van der Waals surface area contributed by atoms with Gasteiger partial charge in [-0.1, -0.05) is 70.2 Å². The van der Waals surface area contributed by atoms with Gasteiger partial charge < -0.3 is 10.2 Å². The summed E-state index contributed by atoms with van der Waals surface area (Å²) in [5.74, 6) is -0.00131. The molecular weight excluding hydrogens is 358 g/mol. The van der Waals surface area contributed by atoms with Crippen LogP contribution in [0.2, 0.25) is 0 Å². The largest absolute Gasteiger partial charge is 0.350 e. The molecule has 156 valence electrons. The number of hydrogen-bond acceptors (Lipinski definition) is 3. The predicted octanol–water partition coefficient (Wildman–Crippen LogP) is 4.09. The van der Waals surface area contributed by atoms with E-state index in [9.17, 15) is 4.79 Å². The van der Waals surface area contributed by atoms with Gasteiger partial charge in [-0.3, -0.25) is 9.69 Å². The Morgan fingerprint density at radius 1 is 0.966 bits per heavy atom. The fraction of sp³-hybridized carbons (Fsp3) is 0.480. The maximum atomic E-state index is 12.8. The summed E-state index contributed by atoms with van der Waals surface area (Å²) in [5, 5.41) is 3.18. The normalized spacial score (nSPS) is 17.1. The third kappa shape index (κ3) is 5.68. The molecule has 4 heteroatoms. The van der Waals surface area contributed by atoms with Crippen molar-refractivity contribution in [3.63, 3.8) is 0 Å². The minimum atomic E-state index is -0.00131. The van der Waals surface area contributed by atoms with Gasteiger partial charge in [0, 0.05) is 38.3 Å². The van der Waals surface area contributed by atoms with Gasteiger partial charge in [0.05, 0.1) is 6.04 Å². The van der Waals surface area contributed by atoms with E-state index < -0.39 is 0 Å². The summed E-state index contributed by atoms with van der Waals surface area (Å²) >= 11 is 0. The smallest absolute Gasteiger partial charge is 0.251 e. The van der Waals surface area contributed by atoms with E-state index in [1.54, 1.807) is 0 Å². The summed E-state index contributed by atoms with van der Waals surface area (Å²) in [4.78, 5) is 17.8. The van der Waals surface area contributed by atoms with Crippen LogP contribution in [0.3, 0.4) is 0 Å². The van der Waals surface area contributed by atoms with Gasteiger partial charge in [-0.2, -0.15) is 0 Å². The Morgan fingerprint density at radius 3 is 2.14 bits per heavy atom. The quantitative estimate of drug-likeness (QED) is 0.803. The Bertz CT molecular complexity index is 772. The van der Waals surface area contributed by atoms with E-state index in [0.717, 1.165) is 38.3 Å². The van der Waals surface area contributed by atoms with Gasteiger partial charge >= 0.3 is 0 Å². The molecule has 1 heterocycles. The van der Waals surface area contributed by atoms with Gasteiger partial charge in [-0.05, 0) is 35.2 Å². The molecule has 2 aromatic carbocycles. The van der Waals surface area contributed by atoms with Crippen LogP contribution >= 0.6 is 0 Å². The van der Waals surface area contributed by atoms with Crippen molar-refractivity contribution in [2.45, 2.75) is 39.2 Å². The summed E-state index contributed by atoms with van der Waals surface area (Å²) in [6.07, 6.45) is 0. The lowest BCUT2D eigenvalue weighted by Gasteiger charge is -2.39. The highest BCUT2D eigenvalue weighted by Gasteiger charge is 2.25. The van der Waals surface area contributed by atoms with Crippen LogP contribution in [0.4, 0.5) is 0 Å². The van der Waals surface area contributed by atoms with Gasteiger partial charge in [0.1, 0.15) is 0 Å². The van der Waals surface area contributed by atoms with Crippen molar-refractivity contribution in [3.8, 4) is 0 Å². The number of nitrogens with one attached hydrogen (secondary N) is 1. The Kier molecular flexibility index (Phi) is 7.09. The second kappa shape index (κ2) is 9.55. The maximum Gasteiger partial charge on any atom is 0.251 e. The van der Waals surface area contributed by atoms with E-state index in [1.807, 2.05) is 18.2 Å². The number of piperazine rings is 1. The molecule has 1 unspecified atom stereocenters. The molecule has 0 aromatic heterocycles. The van der Waals surface area contributed by atoms with E-state index in [-0.39, 0.29) is 17.4 Å². The average Bonchev–Trinajstić information content (AvgIpc) is 2.74. The van der Waals surface area contributed by atoms with E-state index in [2.05, 4.69) is 79.2 Å². The van der Waals surface area contributed by atoms with Crippen molar-refractivity contribution in [3.05, 3.63) is 71.3 Å². The van der Waals surface area contributed by atoms with E-state index >= 15 is 0 Å². The Hall–Kier alpha value is -2.17. The van der Waals surface area contributed by atoms with Crippen LogP contribution in [-0.4, -0.2) is 55.0 Å². The third-order valence-electron chi connectivity index (χ3n) is 5.95. The standard InChI is InChI=1S/C25H35N3O/c1-5-27-15-17-28(18-16-27)23(20-9-7-6-8-10-20)19-26-24(29)21-11-13-22(14-12-21)25(2,3)4/h6-14,23H,5,15-19H2,1-4H3,(H,26,29). The fourth-order valence-corrected chi connectivity index (χ4v) is 3.94. The minimum Gasteiger partial charge on any atom is -0.350 e. The molecule has 1 aliphatic heterocycles. The zero-order valence-electron chi connectivity index (χ0n) is 18.3. The van der Waals surface area contributed by atoms with E-state index in [1.165, 1.54) is 11.1 Å². The second-order valence-corrected chi connectivity index (χ2v) is 8.93. The van der Waals surface area contributed by atoms with Crippen molar-refractivity contribution in [2.75, 3.05) is 39.3 Å². The first-order valence-corrected chi connectivity index (χ1v) is 10.8. The lowest BCUT2D eigenvalue weighted by atomic mass is 9.87. The number of benzene rings is 2. The molecule has 0 saturated carbocycles. The third-order valence-corrected chi connectivity index (χ3v) is 5.95. The highest BCUT2D eigenvalue weighted by Crippen LogP contribution is 2.23. The minimum absolute atomic E-state index is 0.00131. The summed E-state index contributed by atoms with van der Waals surface area (Å²) in [6, 6.07) is 18.7. The van der Waals surface area contributed by atoms with Crippen LogP contribution < -0.4 is 5.32 Å². The van der Waals surface area contributed by atoms with E-state index in [4.69, 9.17) is 0 Å². The molecule has 1 atom stereocenters. The van der Waals surface area contributed by atoms with Crippen molar-refractivity contribution in [1.29, 1.82) is 0 Å². The van der Waals surface area contributed by atoms with Gasteiger partial charge in [-0.25, -0.2) is 0 Å². The van der Waals surface area contributed by atoms with Crippen LogP contribution in [0, 0.1) is 0 Å². The van der Waals surface area contributed by atoms with Crippen LogP contribution in [0.25, 0.3) is 0 Å². The number of nitrogens with zero attached hydrogens (tertiary/aromatic N) is 2. The van der Waals surface area contributed by atoms with Gasteiger partial charge in [0.15, 0.2) is 0 Å². The highest BCUT2D eigenvalue weighted by molar-refractivity contribution is 5.94. The lowest BCUT2D eigenvalue weighted by molar-refractivity contribution is 0.0855. The number of carbonyl (C=O) groups excluding carboxylic acids is 1. The van der Waals surface area contributed by atoms with Crippen molar-refractivity contribution < 1.29 is 4.79 Å². The summed E-state index contributed by atoms with van der Waals surface area (Å²) in [6.45, 7) is 14.7. The molecule has 0 spiro atoms. The number of hydrogen-bond donors (Lipinski definition) is 1.